The largest absolute Gasteiger partial charge is 0.540 e. The normalized spacial score (nSPS) is 14.9. The average Bonchev–Trinajstić information content (AvgIpc) is 4.39. The number of aromatic nitrogens is 5. The molecule has 88 heavy (non-hydrogen) atoms. The number of nitrogens with one attached hydrogen (secondary N) is 2. The van der Waals surface area contributed by atoms with Crippen molar-refractivity contribution in [1.29, 1.82) is 0 Å². The Morgan fingerprint density at radius 1 is 0.852 bits per heavy atom. The minimum atomic E-state index is -2.76. The quantitative estimate of drug-likeness (QED) is 0.0286. The van der Waals surface area contributed by atoms with Crippen LogP contribution in [0, 0.1) is 48.9 Å². The first-order chi connectivity index (χ1) is 42.2. The van der Waals surface area contributed by atoms with Crippen molar-refractivity contribution < 1.29 is 81.6 Å². The van der Waals surface area contributed by atoms with E-state index in [9.17, 15) is 28.0 Å². The van der Waals surface area contributed by atoms with Gasteiger partial charge in [0.25, 0.3) is 0 Å². The van der Waals surface area contributed by atoms with Crippen LogP contribution < -0.4 is 20.1 Å². The number of amides is 4. The van der Waals surface area contributed by atoms with Crippen LogP contribution in [-0.4, -0.2) is 187 Å². The van der Waals surface area contributed by atoms with Gasteiger partial charge >= 0.3 is 6.03 Å². The second kappa shape index (κ2) is 38.4. The fourth-order valence-electron chi connectivity index (χ4n) is 9.46. The molecule has 0 bridgehead atoms. The molecule has 1 radical (unpaired) electrons. The van der Waals surface area contributed by atoms with Gasteiger partial charge in [0.1, 0.15) is 18.1 Å². The van der Waals surface area contributed by atoms with Crippen molar-refractivity contribution in [2.24, 2.45) is 5.92 Å². The molecule has 1 saturated carbocycles. The number of hydrogen-bond donors (Lipinski definition) is 2. The van der Waals surface area contributed by atoms with Crippen LogP contribution in [-0.2, 0) is 54.4 Å². The van der Waals surface area contributed by atoms with Gasteiger partial charge in [0, 0.05) is 117 Å². The molecule has 2 N–H and O–H groups in total. The molecule has 1 aliphatic heterocycles. The van der Waals surface area contributed by atoms with E-state index in [4.69, 9.17) is 35.3 Å². The average molecular weight is 1480 g/mol. The Morgan fingerprint density at radius 3 is 2.25 bits per heavy atom. The number of carbonyl (C=O) groups excluding carboxylic acids is 4. The number of hydrogen-bond acceptors (Lipinski definition) is 16. The number of thiazole rings is 1. The van der Waals surface area contributed by atoms with Crippen molar-refractivity contribution in [3.63, 3.8) is 0 Å². The smallest absolute Gasteiger partial charge is 0.325 e. The van der Waals surface area contributed by atoms with Crippen molar-refractivity contribution in [3.8, 4) is 11.5 Å². The molecule has 475 valence electrons. The van der Waals surface area contributed by atoms with Crippen LogP contribution in [0.5, 0.6) is 11.5 Å². The third-order valence-electron chi connectivity index (χ3n) is 14.4. The maximum atomic E-state index is 14.0. The van der Waals surface area contributed by atoms with E-state index in [0.29, 0.717) is 120 Å². The molecular formula is C63H79ClF2N11NpO9S-3. The second-order valence-electron chi connectivity index (χ2n) is 21.4. The number of benzene rings is 3. The van der Waals surface area contributed by atoms with Gasteiger partial charge in [-0.05, 0) is 94.2 Å². The number of halogens is 3. The van der Waals surface area contributed by atoms with Crippen LogP contribution in [0.4, 0.5) is 24.4 Å². The van der Waals surface area contributed by atoms with Gasteiger partial charge in [-0.25, -0.2) is 41.2 Å². The number of urea groups is 1. The SMILES string of the molecule is CN(CCCCOc1ccc(CCC(=O)N(CC2CCC(F)(F)C2)C([C-]=O)c2[c-]cncc2)cc1)CCOCCOCCc1cn(CCOCCOc2ccc(NC(=O)Nc3nc(CC(=O)N4CCN(C)CC4)cs3)cc2)nn1.[CH2-]c1ccc(Cl)cc1.[Np]. The molecule has 25 heteroatoms. The molecule has 1 saturated heterocycles. The third kappa shape index (κ3) is 26.2. The summed E-state index contributed by atoms with van der Waals surface area (Å²) < 4.78 is 58.8. The van der Waals surface area contributed by atoms with E-state index in [-0.39, 0.29) is 74.0 Å². The number of likely N-dealkylation sites (N-methyl/N-ethyl adjacent to an activating group) is 2. The van der Waals surface area contributed by atoms with E-state index in [1.807, 2.05) is 73.0 Å². The molecule has 3 aromatic carbocycles. The zero-order valence-corrected chi connectivity index (χ0v) is 55.3. The summed E-state index contributed by atoms with van der Waals surface area (Å²) in [5, 5.41) is 16.9. The fourth-order valence-corrected chi connectivity index (χ4v) is 10.3. The monoisotopic (exact) mass is 1470 g/mol. The van der Waals surface area contributed by atoms with Gasteiger partial charge in [-0.3, -0.25) is 14.9 Å². The number of piperazine rings is 1. The van der Waals surface area contributed by atoms with Crippen LogP contribution in [0.3, 0.4) is 0 Å². The number of rotatable bonds is 34. The summed E-state index contributed by atoms with van der Waals surface area (Å²) >= 11 is 6.86. The summed E-state index contributed by atoms with van der Waals surface area (Å²) in [6.45, 7) is 13.0. The summed E-state index contributed by atoms with van der Waals surface area (Å²) in [6, 6.07) is 25.0. The summed E-state index contributed by atoms with van der Waals surface area (Å²) in [5.74, 6) is -2.04. The Labute approximate surface area is 546 Å². The van der Waals surface area contributed by atoms with E-state index < -0.39 is 23.9 Å². The minimum absolute atomic E-state index is 0. The zero-order valence-electron chi connectivity index (χ0n) is 50.0. The number of nitrogens with zero attached hydrogens (tertiary/aromatic N) is 9. The summed E-state index contributed by atoms with van der Waals surface area (Å²) in [6.07, 6.45) is 9.71. The van der Waals surface area contributed by atoms with Crippen molar-refractivity contribution in [2.45, 2.75) is 76.3 Å². The maximum Gasteiger partial charge on any atom is 0.325 e. The van der Waals surface area contributed by atoms with E-state index in [1.165, 1.54) is 28.6 Å². The third-order valence-corrected chi connectivity index (χ3v) is 15.5. The van der Waals surface area contributed by atoms with Crippen LogP contribution in [0.15, 0.2) is 103 Å². The van der Waals surface area contributed by atoms with E-state index in [2.05, 4.69) is 60.8 Å². The Morgan fingerprint density at radius 2 is 1.56 bits per heavy atom. The maximum absolute atomic E-state index is 14.0. The molecule has 3 aromatic heterocycles. The summed E-state index contributed by atoms with van der Waals surface area (Å²) in [7, 11) is 4.11. The van der Waals surface area contributed by atoms with Crippen molar-refractivity contribution in [2.75, 3.05) is 123 Å². The molecule has 1 aliphatic carbocycles. The minimum Gasteiger partial charge on any atom is -0.540 e. The van der Waals surface area contributed by atoms with Gasteiger partial charge in [-0.2, -0.15) is 30.7 Å². The number of unbranched alkanes of at least 4 members (excludes halogenated alkanes) is 1. The molecule has 8 rings (SSSR count). The van der Waals surface area contributed by atoms with Crippen LogP contribution >= 0.6 is 22.9 Å². The first-order valence-electron chi connectivity index (χ1n) is 29.3. The number of anilines is 2. The molecule has 2 fully saturated rings. The number of pyridine rings is 1. The van der Waals surface area contributed by atoms with E-state index in [0.717, 1.165) is 66.6 Å². The van der Waals surface area contributed by atoms with Gasteiger partial charge in [0.2, 0.25) is 17.7 Å². The molecule has 2 aliphatic rings. The molecular weight excluding hydrogens is 1400 g/mol. The van der Waals surface area contributed by atoms with Crippen LogP contribution in [0.25, 0.3) is 0 Å². The van der Waals surface area contributed by atoms with Gasteiger partial charge in [0.05, 0.1) is 70.6 Å². The molecule has 20 nitrogen and oxygen atoms in total. The number of ether oxygens (including phenoxy) is 5. The Kier molecular flexibility index (Phi) is 31.0. The van der Waals surface area contributed by atoms with E-state index >= 15 is 0 Å². The number of carbonyl (C=O) groups is 3. The molecule has 2 atom stereocenters. The molecule has 6 aromatic rings. The first-order valence-corrected chi connectivity index (χ1v) is 30.6. The molecule has 4 amide bonds. The predicted octanol–water partition coefficient (Wildman–Crippen LogP) is 8.92. The molecule has 2 unspecified atom stereocenters. The Balaban J connectivity index is 0.00000127. The van der Waals surface area contributed by atoms with Gasteiger partial charge in [0.15, 0.2) is 5.13 Å². The molecule has 4 heterocycles. The topological polar surface area (TPSA) is 208 Å². The van der Waals surface area contributed by atoms with Gasteiger partial charge in [-0.1, -0.05) is 59.5 Å². The zero-order chi connectivity index (χ0) is 61.6. The van der Waals surface area contributed by atoms with Crippen molar-refractivity contribution >= 4 is 57.9 Å². The summed E-state index contributed by atoms with van der Waals surface area (Å²) in [5.41, 5.74) is 4.40. The molecule has 0 spiro atoms. The summed E-state index contributed by atoms with van der Waals surface area (Å²) in [4.78, 5) is 66.8. The van der Waals surface area contributed by atoms with E-state index in [1.54, 1.807) is 40.4 Å². The predicted molar refractivity (Wildman–Crippen MR) is 329 cm³/mol. The first kappa shape index (κ1) is 71.0. The van der Waals surface area contributed by atoms with Gasteiger partial charge in [-0.15, -0.1) is 16.4 Å². The Bertz CT molecular complexity index is 2960. The van der Waals surface area contributed by atoms with Gasteiger partial charge < -0.3 is 58.4 Å². The second-order valence-corrected chi connectivity index (χ2v) is 22.7. The van der Waals surface area contributed by atoms with Crippen molar-refractivity contribution in [1.82, 2.24) is 44.6 Å². The Hall–Kier alpha value is -6.11. The standard InChI is InChI=1S/C56H73F2N11O9S.C7H6Cl.Np/c1-65(22-3-4-29-77-49-10-5-43(6-11-49)7-14-52(71)69(39-44-15-19-56(57,58)38-44)51(41-70)45-16-20-59-21-17-45)27-31-75-34-33-74-30-18-47-40-68(64-63-47)28-32-76-35-36-78-50-12-8-46(9-13-50)60-54(73)62-55-61-48(42-79-55)37-53(72)67-25-23-66(2)24-26-67;1-6-2-4-7(8)5-3-6;/h5-6,8-13,16,20-21,40,42,44,51H,3-4,7,14-15,18-19,22-39H2,1-2H3,(H2,60,61,62,73);2-5H,1H2;/q-2;-1;. The number of alkyl halides is 2. The number of aryl methyl sites for hydroxylation is 1. The fraction of sp³-hybridized carbons (Fsp3) is 0.476. The van der Waals surface area contributed by atoms with Crippen LogP contribution in [0.1, 0.15) is 72.6 Å². The van der Waals surface area contributed by atoms with Crippen LogP contribution in [0.2, 0.25) is 5.02 Å². The van der Waals surface area contributed by atoms with Crippen molar-refractivity contribution in [3.05, 3.63) is 149 Å².